The van der Waals surface area contributed by atoms with E-state index in [1.165, 1.54) is 20.1 Å². The Morgan fingerprint density at radius 2 is 1.85 bits per heavy atom. The number of allylic oxidation sites excluding steroid dienone is 1. The van der Waals surface area contributed by atoms with Crippen molar-refractivity contribution in [1.82, 2.24) is 0 Å². The van der Waals surface area contributed by atoms with Crippen molar-refractivity contribution in [2.75, 3.05) is 7.11 Å². The van der Waals surface area contributed by atoms with Crippen LogP contribution in [0.15, 0.2) is 11.8 Å². The minimum absolute atomic E-state index is 0.0173. The van der Waals surface area contributed by atoms with E-state index in [2.05, 4.69) is 27.7 Å². The first-order valence-corrected chi connectivity index (χ1v) is 10.2. The van der Waals surface area contributed by atoms with Gasteiger partial charge in [0.1, 0.15) is 17.5 Å². The van der Waals surface area contributed by atoms with Crippen molar-refractivity contribution in [3.8, 4) is 0 Å². The Balaban J connectivity index is 1.95. The molecule has 0 amide bonds. The maximum atomic E-state index is 11.7. The Hall–Kier alpha value is -1.52. The van der Waals surface area contributed by atoms with E-state index in [-0.39, 0.29) is 34.5 Å². The van der Waals surface area contributed by atoms with Gasteiger partial charge in [-0.1, -0.05) is 27.7 Å². The van der Waals surface area contributed by atoms with E-state index in [0.29, 0.717) is 11.8 Å². The number of ether oxygens (including phenoxy) is 3. The third-order valence-corrected chi connectivity index (χ3v) is 7.92. The zero-order valence-corrected chi connectivity index (χ0v) is 17.6. The number of rotatable bonds is 2. The van der Waals surface area contributed by atoms with Crippen LogP contribution in [0, 0.1) is 22.7 Å². The van der Waals surface area contributed by atoms with E-state index in [0.717, 1.165) is 44.3 Å². The van der Waals surface area contributed by atoms with Crippen LogP contribution in [-0.4, -0.2) is 30.8 Å². The summed E-state index contributed by atoms with van der Waals surface area (Å²) in [7, 11) is 1.39. The second-order valence-electron chi connectivity index (χ2n) is 9.53. The molecule has 5 heteroatoms. The third-order valence-electron chi connectivity index (χ3n) is 7.92. The number of esters is 2. The summed E-state index contributed by atoms with van der Waals surface area (Å²) in [6.07, 6.45) is 7.18. The maximum Gasteiger partial charge on any atom is 0.333 e. The Kier molecular flexibility index (Phi) is 5.11. The summed E-state index contributed by atoms with van der Waals surface area (Å²) >= 11 is 0. The summed E-state index contributed by atoms with van der Waals surface area (Å²) < 4.78 is 17.1. The van der Waals surface area contributed by atoms with Crippen molar-refractivity contribution in [3.63, 3.8) is 0 Å². The van der Waals surface area contributed by atoms with Crippen LogP contribution in [0.2, 0.25) is 0 Å². The molecule has 5 atom stereocenters. The highest BCUT2D eigenvalue weighted by Gasteiger charge is 2.67. The van der Waals surface area contributed by atoms with Gasteiger partial charge in [-0.25, -0.2) is 4.79 Å². The zero-order chi connectivity index (χ0) is 20.0. The molecule has 0 unspecified atom stereocenters. The SMILES string of the molecule is COC(=O)/C=C1\CC[C@@]2(O1)[C@H](C)CC[C@H]1C(C)(C)[C@@H](OC(C)=O)CC[C@@]12C. The Bertz CT molecular complexity index is 651. The van der Waals surface area contributed by atoms with Crippen LogP contribution in [0.4, 0.5) is 0 Å². The van der Waals surface area contributed by atoms with Crippen molar-refractivity contribution in [2.45, 2.75) is 84.8 Å². The number of hydrogen-bond acceptors (Lipinski definition) is 5. The predicted octanol–water partition coefficient (Wildman–Crippen LogP) is 4.40. The monoisotopic (exact) mass is 378 g/mol. The average molecular weight is 379 g/mol. The van der Waals surface area contributed by atoms with Gasteiger partial charge < -0.3 is 14.2 Å². The fourth-order valence-electron chi connectivity index (χ4n) is 6.53. The predicted molar refractivity (Wildman–Crippen MR) is 102 cm³/mol. The fraction of sp³-hybridized carbons (Fsp3) is 0.818. The van der Waals surface area contributed by atoms with Crippen molar-refractivity contribution in [3.05, 3.63) is 11.8 Å². The molecule has 1 saturated heterocycles. The van der Waals surface area contributed by atoms with Gasteiger partial charge in [0.2, 0.25) is 0 Å². The van der Waals surface area contributed by atoms with Gasteiger partial charge in [-0.15, -0.1) is 0 Å². The van der Waals surface area contributed by atoms with Crippen molar-refractivity contribution in [1.29, 1.82) is 0 Å². The molecule has 152 valence electrons. The van der Waals surface area contributed by atoms with E-state index in [9.17, 15) is 9.59 Å². The molecule has 5 nitrogen and oxygen atoms in total. The second-order valence-corrected chi connectivity index (χ2v) is 9.53. The van der Waals surface area contributed by atoms with Crippen LogP contribution in [0.25, 0.3) is 0 Å². The summed E-state index contributed by atoms with van der Waals surface area (Å²) in [5.74, 6) is 1.01. The van der Waals surface area contributed by atoms with Crippen molar-refractivity contribution >= 4 is 11.9 Å². The van der Waals surface area contributed by atoms with Gasteiger partial charge in [0.05, 0.1) is 13.2 Å². The van der Waals surface area contributed by atoms with Gasteiger partial charge in [0, 0.05) is 24.2 Å². The molecule has 0 N–H and O–H groups in total. The highest BCUT2D eigenvalue weighted by molar-refractivity contribution is 5.82. The molecule has 3 aliphatic rings. The van der Waals surface area contributed by atoms with Gasteiger partial charge in [-0.2, -0.15) is 0 Å². The van der Waals surface area contributed by atoms with Gasteiger partial charge in [-0.3, -0.25) is 4.79 Å². The first-order valence-electron chi connectivity index (χ1n) is 10.2. The number of carbonyl (C=O) groups excluding carboxylic acids is 2. The Morgan fingerprint density at radius 1 is 1.15 bits per heavy atom. The maximum absolute atomic E-state index is 11.7. The summed E-state index contributed by atoms with van der Waals surface area (Å²) in [5.41, 5.74) is -0.394. The quantitative estimate of drug-likeness (QED) is 0.526. The molecule has 0 aromatic carbocycles. The molecule has 0 radical (unpaired) electrons. The first kappa shape index (κ1) is 20.2. The van der Waals surface area contributed by atoms with E-state index in [4.69, 9.17) is 14.2 Å². The molecule has 2 saturated carbocycles. The molecule has 27 heavy (non-hydrogen) atoms. The average Bonchev–Trinajstić information content (AvgIpc) is 3.01. The molecular formula is C22H34O5. The molecule has 1 heterocycles. The van der Waals surface area contributed by atoms with Gasteiger partial charge >= 0.3 is 11.9 Å². The summed E-state index contributed by atoms with van der Waals surface area (Å²) in [4.78, 5) is 23.3. The molecule has 0 bridgehead atoms. The molecule has 3 rings (SSSR count). The second kappa shape index (κ2) is 6.82. The van der Waals surface area contributed by atoms with Crippen LogP contribution in [0.3, 0.4) is 0 Å². The molecule has 0 aromatic heterocycles. The molecule has 1 aliphatic heterocycles. The standard InChI is InChI=1S/C22H34O5/c1-14-7-8-17-20(3,4)18(26-15(2)23)10-11-21(17,5)22(14)12-9-16(27-22)13-19(24)25-6/h13-14,17-18H,7-12H2,1-6H3/b16-13+/t14-,17+,18+,21+,22-/m1/s1. The molecule has 2 aliphatic carbocycles. The number of carbonyl (C=O) groups is 2. The van der Waals surface area contributed by atoms with Crippen LogP contribution in [-0.2, 0) is 23.8 Å². The van der Waals surface area contributed by atoms with Gasteiger partial charge in [0.25, 0.3) is 0 Å². The van der Waals surface area contributed by atoms with E-state index in [1.807, 2.05) is 0 Å². The lowest BCUT2D eigenvalue weighted by atomic mass is 9.44. The lowest BCUT2D eigenvalue weighted by Gasteiger charge is -2.64. The smallest absolute Gasteiger partial charge is 0.333 e. The Morgan fingerprint density at radius 3 is 2.48 bits per heavy atom. The highest BCUT2D eigenvalue weighted by atomic mass is 16.5. The largest absolute Gasteiger partial charge is 0.490 e. The molecule has 0 aromatic rings. The molecule has 1 spiro atoms. The summed E-state index contributed by atoms with van der Waals surface area (Å²) in [6.45, 7) is 10.6. The first-order chi connectivity index (χ1) is 12.6. The van der Waals surface area contributed by atoms with Gasteiger partial charge in [0.15, 0.2) is 0 Å². The number of fused-ring (bicyclic) bond motifs is 2. The summed E-state index contributed by atoms with van der Waals surface area (Å²) in [6, 6.07) is 0. The number of methoxy groups -OCH3 is 1. The van der Waals surface area contributed by atoms with E-state index in [1.54, 1.807) is 0 Å². The van der Waals surface area contributed by atoms with E-state index >= 15 is 0 Å². The van der Waals surface area contributed by atoms with Gasteiger partial charge in [-0.05, 0) is 43.9 Å². The van der Waals surface area contributed by atoms with Crippen LogP contribution in [0.5, 0.6) is 0 Å². The normalized spacial score (nSPS) is 41.7. The van der Waals surface area contributed by atoms with Crippen LogP contribution < -0.4 is 0 Å². The van der Waals surface area contributed by atoms with Crippen LogP contribution in [0.1, 0.15) is 73.1 Å². The highest BCUT2D eigenvalue weighted by Crippen LogP contribution is 2.67. The minimum Gasteiger partial charge on any atom is -0.490 e. The van der Waals surface area contributed by atoms with E-state index < -0.39 is 0 Å². The molecule has 3 fully saturated rings. The van der Waals surface area contributed by atoms with Crippen molar-refractivity contribution < 1.29 is 23.8 Å². The zero-order valence-electron chi connectivity index (χ0n) is 17.6. The summed E-state index contributed by atoms with van der Waals surface area (Å²) in [5, 5.41) is 0. The number of hydrogen-bond donors (Lipinski definition) is 0. The lowest BCUT2D eigenvalue weighted by molar-refractivity contribution is -0.230. The Labute approximate surface area is 162 Å². The topological polar surface area (TPSA) is 61.8 Å². The van der Waals surface area contributed by atoms with Crippen LogP contribution >= 0.6 is 0 Å². The third kappa shape index (κ3) is 3.07. The minimum atomic E-state index is -0.355. The molecular weight excluding hydrogens is 344 g/mol. The fourth-order valence-corrected chi connectivity index (χ4v) is 6.53. The lowest BCUT2D eigenvalue weighted by Crippen LogP contribution is -2.64. The van der Waals surface area contributed by atoms with Crippen molar-refractivity contribution in [2.24, 2.45) is 22.7 Å².